The summed E-state index contributed by atoms with van der Waals surface area (Å²) in [5.41, 5.74) is 30.1. The Balaban J connectivity index is 1.98. The summed E-state index contributed by atoms with van der Waals surface area (Å²) in [5.74, 6) is -13.6. The molecule has 24 N–H and O–H groups in total. The summed E-state index contributed by atoms with van der Waals surface area (Å²) in [6.45, 7) is 11.9. The molecule has 0 fully saturated rings. The number of phenols is 1. The van der Waals surface area contributed by atoms with Gasteiger partial charge in [-0.05, 0) is 125 Å². The molecule has 0 spiro atoms. The van der Waals surface area contributed by atoms with Crippen molar-refractivity contribution in [3.63, 3.8) is 0 Å². The van der Waals surface area contributed by atoms with Gasteiger partial charge in [0.1, 0.15) is 60.1 Å². The molecule has 32 nitrogen and oxygen atoms in total. The van der Waals surface area contributed by atoms with Gasteiger partial charge in [-0.3, -0.25) is 57.7 Å². The number of phenolic OH excluding ortho intramolecular Hbond substituents is 1. The second kappa shape index (κ2) is 40.0. The molecule has 11 atom stereocenters. The second-order valence-corrected chi connectivity index (χ2v) is 24.8. The molecular weight excluding hydrogens is 1240 g/mol. The fraction of sp³-hybridized carbons (Fsp3) is 0.571. The fourth-order valence-corrected chi connectivity index (χ4v) is 10.1. The van der Waals surface area contributed by atoms with Gasteiger partial charge in [0.05, 0.1) is 18.6 Å². The molecule has 0 aliphatic rings. The van der Waals surface area contributed by atoms with Crippen molar-refractivity contribution in [1.29, 1.82) is 0 Å². The fourth-order valence-electron chi connectivity index (χ4n) is 10.1. The minimum Gasteiger partial charge on any atom is -0.508 e. The predicted octanol–water partition coefficient (Wildman–Crippen LogP) is -2.12. The number of aliphatic hydroxyl groups is 1. The summed E-state index contributed by atoms with van der Waals surface area (Å²) in [5, 5.41) is 63.4. The normalized spacial score (nSPS) is 14.8. The van der Waals surface area contributed by atoms with E-state index in [4.69, 9.17) is 28.7 Å². The lowest BCUT2D eigenvalue weighted by atomic mass is 9.98. The molecule has 0 bridgehead atoms. The Hall–Kier alpha value is -9.43. The van der Waals surface area contributed by atoms with Crippen LogP contribution in [0.4, 0.5) is 0 Å². The van der Waals surface area contributed by atoms with E-state index in [1.54, 1.807) is 84.1 Å². The molecule has 95 heavy (non-hydrogen) atoms. The van der Waals surface area contributed by atoms with Crippen molar-refractivity contribution in [1.82, 2.24) is 52.8 Å². The van der Waals surface area contributed by atoms with Gasteiger partial charge in [-0.2, -0.15) is 0 Å². The lowest BCUT2D eigenvalue weighted by molar-refractivity contribution is -0.143. The number of nitrogens with two attached hydrogens (primary N) is 5. The molecule has 1 heterocycles. The molecule has 0 unspecified atom stereocenters. The van der Waals surface area contributed by atoms with E-state index in [0.717, 1.165) is 6.92 Å². The number of carboxylic acids is 2. The van der Waals surface area contributed by atoms with Gasteiger partial charge in [-0.1, -0.05) is 71.9 Å². The molecule has 0 aliphatic carbocycles. The lowest BCUT2D eigenvalue weighted by Crippen LogP contribution is -2.62. The SMILES string of the molecule is CC(C)C[C@H](NC(=O)[C@H](CC(C)C)NC(=O)[C@H](CC(N)=O)NC(=O)[C@H](CCCN=C(N)N)NC(=O)[C@@H](N)Cc1ccc(O)cc1)C(=O)N[C@@H](Cc1c[nH]c2ccccc12)C(=O)N[C@@H](CC(C)C)C(=O)N[C@H](C(=O)N[C@@H](CCC(=O)O)C(=O)N[C@@H](CCCCN)C(=O)O)[C@@H](C)O. The van der Waals surface area contributed by atoms with E-state index in [9.17, 15) is 78.0 Å². The summed E-state index contributed by atoms with van der Waals surface area (Å²) in [4.78, 5) is 171. The highest BCUT2D eigenvalue weighted by Gasteiger charge is 2.38. The minimum absolute atomic E-state index is 0.00535. The smallest absolute Gasteiger partial charge is 0.326 e. The van der Waals surface area contributed by atoms with Crippen molar-refractivity contribution in [2.75, 3.05) is 13.1 Å². The zero-order valence-electron chi connectivity index (χ0n) is 54.9. The van der Waals surface area contributed by atoms with Crippen LogP contribution in [-0.4, -0.2) is 182 Å². The Bertz CT molecular complexity index is 3120. The van der Waals surface area contributed by atoms with Gasteiger partial charge < -0.3 is 102 Å². The first kappa shape index (κ1) is 79.8. The second-order valence-electron chi connectivity index (χ2n) is 24.8. The molecule has 10 amide bonds. The number of guanidine groups is 1. The van der Waals surface area contributed by atoms with E-state index in [0.29, 0.717) is 34.9 Å². The molecule has 0 saturated heterocycles. The third-order valence-corrected chi connectivity index (χ3v) is 15.0. The number of para-hydroxylation sites is 1. The first-order valence-electron chi connectivity index (χ1n) is 31.7. The molecule has 3 rings (SSSR count). The first-order chi connectivity index (χ1) is 44.7. The van der Waals surface area contributed by atoms with Crippen LogP contribution >= 0.6 is 0 Å². The number of carbonyl (C=O) groups is 12. The third kappa shape index (κ3) is 28.8. The maximum absolute atomic E-state index is 14.9. The van der Waals surface area contributed by atoms with Crippen LogP contribution in [-0.2, 0) is 70.4 Å². The summed E-state index contributed by atoms with van der Waals surface area (Å²) in [6.07, 6.45) is -1.62. The Morgan fingerprint density at radius 1 is 0.516 bits per heavy atom. The van der Waals surface area contributed by atoms with Gasteiger partial charge in [0, 0.05) is 36.5 Å². The van der Waals surface area contributed by atoms with Crippen molar-refractivity contribution >= 4 is 87.9 Å². The molecule has 0 saturated carbocycles. The summed E-state index contributed by atoms with van der Waals surface area (Å²) >= 11 is 0. The van der Waals surface area contributed by atoms with Gasteiger partial charge in [0.2, 0.25) is 59.1 Å². The minimum atomic E-state index is -1.84. The lowest BCUT2D eigenvalue weighted by Gasteiger charge is -2.29. The first-order valence-corrected chi connectivity index (χ1v) is 31.7. The number of aromatic nitrogens is 1. The number of aliphatic imine (C=N–C) groups is 1. The summed E-state index contributed by atoms with van der Waals surface area (Å²) < 4.78 is 0. The zero-order valence-corrected chi connectivity index (χ0v) is 54.9. The van der Waals surface area contributed by atoms with Crippen molar-refractivity contribution in [3.8, 4) is 5.75 Å². The van der Waals surface area contributed by atoms with Crippen LogP contribution in [0.2, 0.25) is 0 Å². The van der Waals surface area contributed by atoms with Crippen LogP contribution in [0.5, 0.6) is 5.75 Å². The molecular formula is C63H98N16O16. The highest BCUT2D eigenvalue weighted by Crippen LogP contribution is 2.21. The maximum atomic E-state index is 14.9. The molecule has 32 heteroatoms. The van der Waals surface area contributed by atoms with Crippen molar-refractivity contribution in [2.24, 2.45) is 51.4 Å². The van der Waals surface area contributed by atoms with Crippen LogP contribution < -0.4 is 76.5 Å². The number of amides is 10. The number of fused-ring (bicyclic) bond motifs is 1. The Morgan fingerprint density at radius 2 is 0.968 bits per heavy atom. The van der Waals surface area contributed by atoms with Gasteiger partial charge in [-0.15, -0.1) is 0 Å². The summed E-state index contributed by atoms with van der Waals surface area (Å²) in [7, 11) is 0. The molecule has 3 aromatic rings. The van der Waals surface area contributed by atoms with E-state index in [2.05, 4.69) is 57.8 Å². The van der Waals surface area contributed by atoms with Crippen molar-refractivity contribution in [2.45, 2.75) is 198 Å². The summed E-state index contributed by atoms with van der Waals surface area (Å²) in [6, 6.07) is -2.04. The number of benzene rings is 2. The number of aliphatic carboxylic acids is 2. The number of aromatic hydroxyl groups is 1. The van der Waals surface area contributed by atoms with Crippen molar-refractivity contribution in [3.05, 3.63) is 65.9 Å². The van der Waals surface area contributed by atoms with E-state index < -0.39 is 157 Å². The van der Waals surface area contributed by atoms with E-state index in [-0.39, 0.29) is 93.9 Å². The maximum Gasteiger partial charge on any atom is 0.326 e. The third-order valence-electron chi connectivity index (χ3n) is 15.0. The van der Waals surface area contributed by atoms with E-state index in [1.165, 1.54) is 12.1 Å². The van der Waals surface area contributed by atoms with E-state index in [1.807, 2.05) is 0 Å². The van der Waals surface area contributed by atoms with Gasteiger partial charge in [0.25, 0.3) is 0 Å². The number of unbranched alkanes of at least 4 members (excludes halogenated alkanes) is 1. The highest BCUT2D eigenvalue weighted by atomic mass is 16.4. The molecule has 0 radical (unpaired) electrons. The van der Waals surface area contributed by atoms with Crippen molar-refractivity contribution < 1.29 is 78.0 Å². The van der Waals surface area contributed by atoms with E-state index >= 15 is 0 Å². The predicted molar refractivity (Wildman–Crippen MR) is 350 cm³/mol. The Labute approximate surface area is 551 Å². The number of hydrogen-bond acceptors (Lipinski definition) is 17. The highest BCUT2D eigenvalue weighted by molar-refractivity contribution is 6.00. The number of rotatable bonds is 43. The topological polar surface area (TPSA) is 552 Å². The van der Waals surface area contributed by atoms with Crippen LogP contribution in [0.25, 0.3) is 10.9 Å². The number of hydrogen-bond donors (Lipinski definition) is 19. The number of carbonyl (C=O) groups excluding carboxylic acids is 10. The standard InChI is InChI=1S/C63H98N16O16/c1-32(2)25-45(75-59(91)49(30-50(66)82)78-54(86)42(16-12-24-69-63(67)68)71-53(85)40(65)28-36-17-19-38(81)20-18-36)56(88)74-46(26-33(3)4)57(89)77-48(29-37-31-70-41-14-9-8-13-39(37)41)58(90)76-47(27-34(5)6)60(92)79-52(35(7)80)61(93)72-43(21-22-51(83)84)55(87)73-44(62(94)95)15-10-11-23-64/h8-9,13-14,17-20,31-35,40,42-49,52,70,80-81H,10-12,15-16,21-30,64-65H2,1-7H3,(H2,66,82)(H,71,85)(H,72,93)(H,73,87)(H,74,88)(H,75,91)(H,76,90)(H,77,89)(H,78,86)(H,79,92)(H,83,84)(H,94,95)(H4,67,68,69)/t35-,40+,42+,43+,44+,45+,46+,47+,48+,49+,52+/m1/s1. The van der Waals surface area contributed by atoms with Crippen LogP contribution in [0.1, 0.15) is 130 Å². The molecule has 2 aromatic carbocycles. The monoisotopic (exact) mass is 1330 g/mol. The Kier molecular flexibility index (Phi) is 33.6. The van der Waals surface area contributed by atoms with Gasteiger partial charge in [0.15, 0.2) is 5.96 Å². The number of aromatic amines is 1. The number of carboxylic acid groups (broad SMARTS) is 2. The number of primary amides is 1. The van der Waals surface area contributed by atoms with Crippen LogP contribution in [0, 0.1) is 17.8 Å². The Morgan fingerprint density at radius 3 is 1.47 bits per heavy atom. The number of aliphatic hydroxyl groups excluding tert-OH is 1. The van der Waals surface area contributed by atoms with Crippen LogP contribution in [0.15, 0.2) is 59.7 Å². The number of nitrogens with one attached hydrogen (secondary N) is 10. The van der Waals surface area contributed by atoms with Gasteiger partial charge in [-0.25, -0.2) is 4.79 Å². The average Bonchev–Trinajstić information content (AvgIpc) is 1.78. The zero-order chi connectivity index (χ0) is 71.2. The number of H-pyrrole nitrogens is 1. The van der Waals surface area contributed by atoms with Crippen LogP contribution in [0.3, 0.4) is 0 Å². The molecule has 0 aliphatic heterocycles. The quantitative estimate of drug-likeness (QED) is 0.0164. The largest absolute Gasteiger partial charge is 0.508 e. The average molecular weight is 1340 g/mol. The van der Waals surface area contributed by atoms with Gasteiger partial charge >= 0.3 is 11.9 Å². The molecule has 526 valence electrons. The number of nitrogens with zero attached hydrogens (tertiary/aromatic N) is 1. The molecule has 1 aromatic heterocycles.